The van der Waals surface area contributed by atoms with E-state index in [9.17, 15) is 37.8 Å². The Hall–Kier alpha value is -3.82. The molecule has 15 heteroatoms. The number of sulfonamides is 1. The van der Waals surface area contributed by atoms with Crippen molar-refractivity contribution < 1.29 is 33.0 Å². The molecule has 0 aliphatic carbocycles. The molecule has 192 valence electrons. The number of primary sulfonamides is 1. The minimum absolute atomic E-state index is 0.0272. The summed E-state index contributed by atoms with van der Waals surface area (Å²) in [6.45, 7) is 1.61. The lowest BCUT2D eigenvalue weighted by molar-refractivity contribution is -0.309. The number of carboxylic acid groups (broad SMARTS) is 2. The Morgan fingerprint density at radius 3 is 2.53 bits per heavy atom. The molecule has 2 heterocycles. The lowest BCUT2D eigenvalue weighted by Crippen LogP contribution is -2.48. The number of hydrogen-bond donors (Lipinski definition) is 3. The maximum Gasteiger partial charge on any atom is 0.261 e. The fourth-order valence-electron chi connectivity index (χ4n) is 3.56. The highest BCUT2D eigenvalue weighted by Gasteiger charge is 2.30. The Labute approximate surface area is 208 Å². The molecule has 0 radical (unpaired) electrons. The van der Waals surface area contributed by atoms with Crippen molar-refractivity contribution >= 4 is 55.1 Å². The van der Waals surface area contributed by atoms with Gasteiger partial charge < -0.3 is 35.0 Å². The molecule has 0 saturated carbocycles. The van der Waals surface area contributed by atoms with Gasteiger partial charge in [-0.3, -0.25) is 9.59 Å². The van der Waals surface area contributed by atoms with E-state index in [4.69, 9.17) is 5.14 Å². The van der Waals surface area contributed by atoms with E-state index in [1.165, 1.54) is 42.3 Å². The van der Waals surface area contributed by atoms with Crippen molar-refractivity contribution in [3.63, 3.8) is 0 Å². The quantitative estimate of drug-likeness (QED) is 0.262. The smallest absolute Gasteiger partial charge is 0.261 e. The van der Waals surface area contributed by atoms with E-state index in [1.807, 2.05) is 0 Å². The number of aromatic nitrogens is 2. The Kier molecular flexibility index (Phi) is 7.76. The van der Waals surface area contributed by atoms with E-state index in [2.05, 4.69) is 15.3 Å². The summed E-state index contributed by atoms with van der Waals surface area (Å²) >= 11 is 0.847. The van der Waals surface area contributed by atoms with Gasteiger partial charge in [-0.1, -0.05) is 6.07 Å². The molecule has 0 spiro atoms. The van der Waals surface area contributed by atoms with E-state index in [-0.39, 0.29) is 20.8 Å². The van der Waals surface area contributed by atoms with Gasteiger partial charge >= 0.3 is 0 Å². The molecule has 1 amide bonds. The Morgan fingerprint density at radius 2 is 1.92 bits per heavy atom. The van der Waals surface area contributed by atoms with Crippen LogP contribution in [0.15, 0.2) is 35.1 Å². The van der Waals surface area contributed by atoms with Crippen LogP contribution in [-0.2, 0) is 19.6 Å². The molecule has 0 aliphatic heterocycles. The predicted octanol–water partition coefficient (Wildman–Crippen LogP) is -1.91. The zero-order valence-corrected chi connectivity index (χ0v) is 20.6. The molecule has 0 fully saturated rings. The number of carboxylic acids is 2. The largest absolute Gasteiger partial charge is 0.550 e. The van der Waals surface area contributed by atoms with E-state index in [0.717, 1.165) is 11.3 Å². The monoisotopic (exact) mass is 535 g/mol. The number of benzene rings is 1. The Bertz CT molecular complexity index is 1500. The fourth-order valence-corrected chi connectivity index (χ4v) is 5.60. The van der Waals surface area contributed by atoms with Gasteiger partial charge in [0.25, 0.3) is 11.5 Å². The third-order valence-corrected chi connectivity index (χ3v) is 7.57. The first-order chi connectivity index (χ1) is 16.8. The van der Waals surface area contributed by atoms with Crippen LogP contribution < -0.4 is 31.1 Å². The third kappa shape index (κ3) is 6.05. The average molecular weight is 536 g/mol. The van der Waals surface area contributed by atoms with Crippen molar-refractivity contribution in [3.05, 3.63) is 57.0 Å². The summed E-state index contributed by atoms with van der Waals surface area (Å²) in [6.07, 6.45) is -1.03. The van der Waals surface area contributed by atoms with Gasteiger partial charge in [0, 0.05) is 13.0 Å². The summed E-state index contributed by atoms with van der Waals surface area (Å²) in [5.41, 5.74) is 0.0980. The minimum atomic E-state index is -4.26. The molecule has 4 N–H and O–H groups in total. The predicted molar refractivity (Wildman–Crippen MR) is 126 cm³/mol. The van der Waals surface area contributed by atoms with Crippen LogP contribution in [0.4, 0.5) is 5.00 Å². The number of aryl methyl sites for hydroxylation is 1. The Balaban J connectivity index is 1.91. The molecular formula is C21H21N5O8S2-2. The number of H-pyrrole nitrogens is 1. The molecule has 36 heavy (non-hydrogen) atoms. The minimum Gasteiger partial charge on any atom is -0.550 e. The van der Waals surface area contributed by atoms with Crippen LogP contribution in [0, 0.1) is 6.92 Å². The molecule has 3 aromatic rings. The van der Waals surface area contributed by atoms with Gasteiger partial charge in [-0.2, -0.15) is 0 Å². The first-order valence-electron chi connectivity index (χ1n) is 10.3. The summed E-state index contributed by atoms with van der Waals surface area (Å²) in [4.78, 5) is 54.8. The zero-order chi connectivity index (χ0) is 26.8. The molecular weight excluding hydrogens is 514 g/mol. The molecule has 2 atom stereocenters. The van der Waals surface area contributed by atoms with E-state index >= 15 is 0 Å². The second-order valence-corrected chi connectivity index (χ2v) is 10.6. The number of aliphatic carboxylic acids is 2. The van der Waals surface area contributed by atoms with Gasteiger partial charge in [0.2, 0.25) is 10.0 Å². The number of thiophene rings is 1. The van der Waals surface area contributed by atoms with Crippen LogP contribution in [0.2, 0.25) is 0 Å². The van der Waals surface area contributed by atoms with Crippen molar-refractivity contribution in [2.75, 3.05) is 11.9 Å². The number of carbonyl (C=O) groups excluding carboxylic acids is 3. The van der Waals surface area contributed by atoms with Crippen LogP contribution >= 0.6 is 11.3 Å². The highest BCUT2D eigenvalue weighted by atomic mass is 32.2. The molecule has 13 nitrogen and oxygen atoms in total. The van der Waals surface area contributed by atoms with Crippen molar-refractivity contribution in [3.8, 4) is 0 Å². The summed E-state index contributed by atoms with van der Waals surface area (Å²) in [6, 6.07) is 5.56. The van der Waals surface area contributed by atoms with E-state index in [1.54, 1.807) is 6.92 Å². The normalized spacial score (nSPS) is 13.2. The second-order valence-electron chi connectivity index (χ2n) is 7.87. The highest BCUT2D eigenvalue weighted by molar-refractivity contribution is 7.89. The van der Waals surface area contributed by atoms with Crippen LogP contribution in [0.25, 0.3) is 10.9 Å². The topological polar surface area (TPSA) is 219 Å². The highest BCUT2D eigenvalue weighted by Crippen LogP contribution is 2.34. The number of nitrogens with zero attached hydrogens (tertiary/aromatic N) is 2. The molecule has 3 rings (SSSR count). The van der Waals surface area contributed by atoms with Gasteiger partial charge in [-0.25, -0.2) is 18.5 Å². The number of nitrogens with two attached hydrogens (primary N) is 1. The van der Waals surface area contributed by atoms with Gasteiger partial charge in [0.1, 0.15) is 5.82 Å². The third-order valence-electron chi connectivity index (χ3n) is 5.19. The number of aromatic amines is 1. The van der Waals surface area contributed by atoms with Crippen LogP contribution in [-0.4, -0.2) is 49.3 Å². The lowest BCUT2D eigenvalue weighted by Gasteiger charge is -2.27. The van der Waals surface area contributed by atoms with Crippen LogP contribution in [0.3, 0.4) is 0 Å². The number of nitrogens with one attached hydrogen (secondary N) is 2. The maximum atomic E-state index is 12.5. The number of hydrogen-bond acceptors (Lipinski definition) is 11. The summed E-state index contributed by atoms with van der Waals surface area (Å²) < 4.78 is 25.1. The number of anilines is 1. The first kappa shape index (κ1) is 26.8. The second kappa shape index (κ2) is 10.4. The molecule has 2 aromatic heterocycles. The first-order valence-corrected chi connectivity index (χ1v) is 12.8. The zero-order valence-electron chi connectivity index (χ0n) is 19.0. The molecule has 0 saturated heterocycles. The van der Waals surface area contributed by atoms with Gasteiger partial charge in [0.05, 0.1) is 32.8 Å². The van der Waals surface area contributed by atoms with Crippen molar-refractivity contribution in [1.82, 2.24) is 15.3 Å². The maximum absolute atomic E-state index is 12.5. The van der Waals surface area contributed by atoms with Crippen LogP contribution in [0.5, 0.6) is 0 Å². The molecule has 0 aliphatic rings. The van der Waals surface area contributed by atoms with Crippen molar-refractivity contribution in [2.24, 2.45) is 5.14 Å². The standard InChI is InChI=1S/C21H23N5O8S2/c1-10-23-13-4-3-11(9-12(13)18(29)24-10)20(36(22,33)34)26(2)16-7-6-15(35-16)19(30)25-14(21(31)32)5-8-17(27)28/h3-4,6-7,9,14,20H,5,8H2,1-2H3,(H,25,30)(H,27,28)(H,31,32)(H2,22,33,34)(H,23,24,29)/p-2/t14-,20+/m0/s1. The molecule has 1 aromatic carbocycles. The average Bonchev–Trinajstić information content (AvgIpc) is 3.26. The summed E-state index contributed by atoms with van der Waals surface area (Å²) in [5, 5.41) is 28.5. The van der Waals surface area contributed by atoms with Crippen molar-refractivity contribution in [1.29, 1.82) is 0 Å². The number of amides is 1. The fraction of sp³-hybridized carbons (Fsp3) is 0.286. The molecule has 0 unspecified atom stereocenters. The van der Waals surface area contributed by atoms with Gasteiger partial charge in [0.15, 0.2) is 5.37 Å². The van der Waals surface area contributed by atoms with Crippen molar-refractivity contribution in [2.45, 2.75) is 31.2 Å². The summed E-state index contributed by atoms with van der Waals surface area (Å²) in [5.74, 6) is -3.57. The van der Waals surface area contributed by atoms with Crippen LogP contribution in [0.1, 0.15) is 39.3 Å². The number of fused-ring (bicyclic) bond motifs is 1. The molecule has 0 bridgehead atoms. The number of carbonyl (C=O) groups is 3. The van der Waals surface area contributed by atoms with E-state index in [0.29, 0.717) is 11.3 Å². The number of rotatable bonds is 10. The van der Waals surface area contributed by atoms with Gasteiger partial charge in [-0.15, -0.1) is 11.3 Å². The summed E-state index contributed by atoms with van der Waals surface area (Å²) in [7, 11) is -2.84. The Morgan fingerprint density at radius 1 is 1.22 bits per heavy atom. The van der Waals surface area contributed by atoms with Gasteiger partial charge in [-0.05, 0) is 49.6 Å². The lowest BCUT2D eigenvalue weighted by atomic mass is 10.1. The SMILES string of the molecule is Cc1nc2ccc([C@H](N(C)c3ccc(C(=O)N[C@@H](CCC(=O)[O-])C(=O)[O-])s3)S(N)(=O)=O)cc2c(=O)[nH]1. The van der Waals surface area contributed by atoms with E-state index < -0.39 is 57.7 Å².